The lowest BCUT2D eigenvalue weighted by molar-refractivity contribution is -0.131. The van der Waals surface area contributed by atoms with Crippen LogP contribution in [0.4, 0.5) is 0 Å². The molecule has 0 saturated heterocycles. The zero-order valence-electron chi connectivity index (χ0n) is 14.7. The highest BCUT2D eigenvalue weighted by molar-refractivity contribution is 6.05. The lowest BCUT2D eigenvalue weighted by atomic mass is 10.0. The molecule has 0 N–H and O–H groups in total. The lowest BCUT2D eigenvalue weighted by Gasteiger charge is -2.13. The van der Waals surface area contributed by atoms with Crippen molar-refractivity contribution in [2.75, 3.05) is 0 Å². The quantitative estimate of drug-likeness (QED) is 0.290. The molecule has 0 heterocycles. The van der Waals surface area contributed by atoms with Gasteiger partial charge in [-0.1, -0.05) is 37.4 Å². The summed E-state index contributed by atoms with van der Waals surface area (Å²) in [5.74, 6) is -0.250. The first-order chi connectivity index (χ1) is 12.4. The van der Waals surface area contributed by atoms with Crippen LogP contribution in [0.15, 0.2) is 72.8 Å². The second kappa shape index (κ2) is 6.84. The van der Waals surface area contributed by atoms with Gasteiger partial charge in [-0.15, -0.1) is 0 Å². The van der Waals surface area contributed by atoms with Crippen molar-refractivity contribution in [1.29, 1.82) is 0 Å². The van der Waals surface area contributed by atoms with Gasteiger partial charge in [0.25, 0.3) is 0 Å². The van der Waals surface area contributed by atoms with E-state index < -0.39 is 11.9 Å². The Morgan fingerprint density at radius 3 is 1.46 bits per heavy atom. The van der Waals surface area contributed by atoms with E-state index in [4.69, 9.17) is 9.47 Å². The predicted molar refractivity (Wildman–Crippen MR) is 102 cm³/mol. The third-order valence-electron chi connectivity index (χ3n) is 3.91. The number of carbonyl (C=O) groups excluding carboxylic acids is 2. The average molecular weight is 346 g/mol. The smallest absolute Gasteiger partial charge is 0.338 e. The van der Waals surface area contributed by atoms with Crippen LogP contribution in [0.25, 0.3) is 21.5 Å². The minimum Gasteiger partial charge on any atom is -0.423 e. The van der Waals surface area contributed by atoms with Gasteiger partial charge in [0.15, 0.2) is 0 Å². The van der Waals surface area contributed by atoms with E-state index in [-0.39, 0.29) is 0 Å². The first-order valence-corrected chi connectivity index (χ1v) is 8.07. The van der Waals surface area contributed by atoms with Crippen molar-refractivity contribution in [2.24, 2.45) is 0 Å². The maximum atomic E-state index is 12.0. The van der Waals surface area contributed by atoms with Crippen LogP contribution in [0.1, 0.15) is 13.8 Å². The summed E-state index contributed by atoms with van der Waals surface area (Å²) < 4.78 is 10.9. The first-order valence-electron chi connectivity index (χ1n) is 8.07. The van der Waals surface area contributed by atoms with Crippen LogP contribution in [-0.2, 0) is 9.59 Å². The number of hydrogen-bond donors (Lipinski definition) is 0. The van der Waals surface area contributed by atoms with Gasteiger partial charge in [0.1, 0.15) is 11.5 Å². The molecule has 0 radical (unpaired) electrons. The fourth-order valence-corrected chi connectivity index (χ4v) is 2.53. The molecule has 130 valence electrons. The number of carbonyl (C=O) groups is 2. The van der Waals surface area contributed by atoms with E-state index in [0.29, 0.717) is 33.4 Å². The molecule has 3 rings (SSSR count). The van der Waals surface area contributed by atoms with E-state index >= 15 is 0 Å². The largest absolute Gasteiger partial charge is 0.423 e. The average Bonchev–Trinajstić information content (AvgIpc) is 2.61. The van der Waals surface area contributed by atoms with Crippen LogP contribution in [0.2, 0.25) is 0 Å². The molecule has 0 spiro atoms. The summed E-state index contributed by atoms with van der Waals surface area (Å²) in [5, 5.41) is 3.31. The summed E-state index contributed by atoms with van der Waals surface area (Å²) in [6, 6.07) is 14.8. The van der Waals surface area contributed by atoms with Crippen molar-refractivity contribution in [3.8, 4) is 11.5 Å². The number of rotatable bonds is 4. The molecule has 0 fully saturated rings. The summed E-state index contributed by atoms with van der Waals surface area (Å²) in [6.07, 6.45) is 0. The normalized spacial score (nSPS) is 10.5. The van der Waals surface area contributed by atoms with Crippen molar-refractivity contribution < 1.29 is 19.1 Å². The Morgan fingerprint density at radius 2 is 1.12 bits per heavy atom. The van der Waals surface area contributed by atoms with E-state index in [1.54, 1.807) is 26.0 Å². The fraction of sp³-hybridized carbons (Fsp3) is 0.0909. The second-order valence-electron chi connectivity index (χ2n) is 6.15. The van der Waals surface area contributed by atoms with Crippen molar-refractivity contribution in [1.82, 2.24) is 0 Å². The zero-order valence-corrected chi connectivity index (χ0v) is 14.7. The Hall–Kier alpha value is -3.40. The van der Waals surface area contributed by atoms with Gasteiger partial charge in [-0.3, -0.25) is 0 Å². The van der Waals surface area contributed by atoms with Gasteiger partial charge in [-0.2, -0.15) is 0 Å². The second-order valence-corrected chi connectivity index (χ2v) is 6.15. The third kappa shape index (κ3) is 3.35. The Labute approximate surface area is 151 Å². The Balaban J connectivity index is 2.22. The van der Waals surface area contributed by atoms with Crippen molar-refractivity contribution in [3.63, 3.8) is 0 Å². The number of ether oxygens (including phenoxy) is 2. The maximum absolute atomic E-state index is 12.0. The fourth-order valence-electron chi connectivity index (χ4n) is 2.53. The molecule has 0 aliphatic rings. The highest BCUT2D eigenvalue weighted by Crippen LogP contribution is 2.36. The van der Waals surface area contributed by atoms with Gasteiger partial charge in [0.2, 0.25) is 0 Å². The summed E-state index contributed by atoms with van der Waals surface area (Å²) in [7, 11) is 0. The van der Waals surface area contributed by atoms with Gasteiger partial charge in [-0.05, 0) is 48.9 Å². The third-order valence-corrected chi connectivity index (χ3v) is 3.91. The highest BCUT2D eigenvalue weighted by Gasteiger charge is 2.15. The van der Waals surface area contributed by atoms with Crippen LogP contribution < -0.4 is 9.47 Å². The number of benzene rings is 3. The molecule has 0 aliphatic carbocycles. The minimum absolute atomic E-state index is 0.303. The van der Waals surface area contributed by atoms with Crippen molar-refractivity contribution in [3.05, 3.63) is 72.8 Å². The molecule has 26 heavy (non-hydrogen) atoms. The van der Waals surface area contributed by atoms with Gasteiger partial charge < -0.3 is 9.47 Å². The summed E-state index contributed by atoms with van der Waals surface area (Å²) in [4.78, 5) is 23.9. The predicted octanol–water partition coefficient (Wildman–Crippen LogP) is 4.96. The molecular weight excluding hydrogens is 328 g/mol. The molecule has 0 saturated carbocycles. The van der Waals surface area contributed by atoms with Crippen LogP contribution in [0.5, 0.6) is 11.5 Å². The molecule has 3 aromatic rings. The molecule has 0 bridgehead atoms. The molecule has 4 nitrogen and oxygen atoms in total. The van der Waals surface area contributed by atoms with Crippen molar-refractivity contribution in [2.45, 2.75) is 13.8 Å². The van der Waals surface area contributed by atoms with Crippen LogP contribution >= 0.6 is 0 Å². The minimum atomic E-state index is -0.508. The number of esters is 2. The molecule has 0 aromatic heterocycles. The standard InChI is InChI=1S/C22H18O4/c1-13(2)21(23)25-19-9-10-20(26-22(24)14(3)4)18-12-16-8-6-5-7-15(16)11-17(18)19/h5-12H,1,3H2,2,4H3. The molecule has 0 atom stereocenters. The van der Waals surface area contributed by atoms with Crippen LogP contribution in [0, 0.1) is 0 Å². The van der Waals surface area contributed by atoms with E-state index in [2.05, 4.69) is 13.2 Å². The Morgan fingerprint density at radius 1 is 0.731 bits per heavy atom. The van der Waals surface area contributed by atoms with Crippen LogP contribution in [0.3, 0.4) is 0 Å². The molecule has 3 aromatic carbocycles. The number of hydrogen-bond acceptors (Lipinski definition) is 4. The topological polar surface area (TPSA) is 52.6 Å². The number of fused-ring (bicyclic) bond motifs is 2. The molecule has 0 amide bonds. The van der Waals surface area contributed by atoms with Gasteiger partial charge >= 0.3 is 11.9 Å². The summed E-state index contributed by atoms with van der Waals surface area (Å²) >= 11 is 0. The van der Waals surface area contributed by atoms with Gasteiger partial charge in [-0.25, -0.2) is 9.59 Å². The van der Waals surface area contributed by atoms with E-state index in [9.17, 15) is 9.59 Å². The zero-order chi connectivity index (χ0) is 18.8. The van der Waals surface area contributed by atoms with Crippen molar-refractivity contribution >= 4 is 33.5 Å². The van der Waals surface area contributed by atoms with E-state index in [0.717, 1.165) is 10.8 Å². The Bertz CT molecular complexity index is 990. The lowest BCUT2D eigenvalue weighted by Crippen LogP contribution is -2.10. The first kappa shape index (κ1) is 17.4. The monoisotopic (exact) mass is 346 g/mol. The molecule has 4 heteroatoms. The van der Waals surface area contributed by atoms with Gasteiger partial charge in [0.05, 0.1) is 0 Å². The SMILES string of the molecule is C=C(C)C(=O)Oc1ccc(OC(=O)C(=C)C)c2cc3ccccc3cc12. The summed E-state index contributed by atoms with van der Waals surface area (Å²) in [6.45, 7) is 10.4. The molecular formula is C22H18O4. The van der Waals surface area contributed by atoms with Gasteiger partial charge in [0, 0.05) is 21.9 Å². The Kier molecular flexibility index (Phi) is 4.59. The maximum Gasteiger partial charge on any atom is 0.338 e. The molecule has 0 unspecified atom stereocenters. The molecule has 0 aliphatic heterocycles. The van der Waals surface area contributed by atoms with Crippen LogP contribution in [-0.4, -0.2) is 11.9 Å². The van der Waals surface area contributed by atoms with E-state index in [1.165, 1.54) is 0 Å². The van der Waals surface area contributed by atoms with E-state index in [1.807, 2.05) is 36.4 Å². The summed E-state index contributed by atoms with van der Waals surface area (Å²) in [5.41, 5.74) is 0.605. The highest BCUT2D eigenvalue weighted by atomic mass is 16.5.